The van der Waals surface area contributed by atoms with Crippen LogP contribution in [-0.2, 0) is 13.1 Å². The number of nitrogens with zero attached hydrogens (tertiary/aromatic N) is 5. The van der Waals surface area contributed by atoms with Crippen LogP contribution >= 0.6 is 11.6 Å². The molecule has 2 aromatic carbocycles. The first-order chi connectivity index (χ1) is 19.1. The van der Waals surface area contributed by atoms with Gasteiger partial charge in [-0.15, -0.1) is 5.10 Å². The van der Waals surface area contributed by atoms with Crippen molar-refractivity contribution in [3.63, 3.8) is 0 Å². The molecule has 1 aliphatic carbocycles. The number of benzene rings is 2. The van der Waals surface area contributed by atoms with E-state index in [1.807, 2.05) is 65.3 Å². The van der Waals surface area contributed by atoms with Crippen LogP contribution < -0.4 is 10.3 Å². The lowest BCUT2D eigenvalue weighted by molar-refractivity contribution is 0.176. The van der Waals surface area contributed by atoms with E-state index in [0.717, 1.165) is 47.9 Å². The molecule has 1 aliphatic rings. The molecular weight excluding hydrogens is 516 g/mol. The van der Waals surface area contributed by atoms with Crippen molar-refractivity contribution >= 4 is 22.5 Å². The number of rotatable bonds is 9. The Kier molecular flexibility index (Phi) is 7.17. The summed E-state index contributed by atoms with van der Waals surface area (Å²) < 4.78 is 13.1. The highest BCUT2D eigenvalue weighted by Gasteiger charge is 2.34. The van der Waals surface area contributed by atoms with Crippen molar-refractivity contribution < 1.29 is 9.15 Å². The lowest BCUT2D eigenvalue weighted by Crippen LogP contribution is -2.35. The van der Waals surface area contributed by atoms with E-state index in [2.05, 4.69) is 25.4 Å². The Morgan fingerprint density at radius 3 is 2.74 bits per heavy atom. The number of pyridine rings is 1. The van der Waals surface area contributed by atoms with Crippen LogP contribution in [0, 0.1) is 0 Å². The van der Waals surface area contributed by atoms with Crippen LogP contribution in [0.15, 0.2) is 76.1 Å². The lowest BCUT2D eigenvalue weighted by Gasteiger charge is -2.31. The fourth-order valence-corrected chi connectivity index (χ4v) is 5.70. The summed E-state index contributed by atoms with van der Waals surface area (Å²) in [5.74, 6) is 2.08. The van der Waals surface area contributed by atoms with Crippen molar-refractivity contribution in [2.75, 3.05) is 7.11 Å². The summed E-state index contributed by atoms with van der Waals surface area (Å²) in [6.07, 6.45) is 5.90. The van der Waals surface area contributed by atoms with Crippen LogP contribution in [0.2, 0.25) is 5.02 Å². The molecule has 1 fully saturated rings. The molecule has 1 atom stereocenters. The monoisotopic (exact) mass is 544 g/mol. The normalized spacial score (nSPS) is 14.8. The van der Waals surface area contributed by atoms with Gasteiger partial charge in [-0.05, 0) is 71.3 Å². The first kappa shape index (κ1) is 25.3. The minimum atomic E-state index is -0.582. The Hall–Kier alpha value is -3.95. The Labute approximate surface area is 230 Å². The molecule has 0 spiro atoms. The maximum Gasteiger partial charge on any atom is 0.253 e. The number of halogens is 1. The van der Waals surface area contributed by atoms with Crippen LogP contribution in [-0.4, -0.2) is 37.2 Å². The number of aromatic amines is 1. The van der Waals surface area contributed by atoms with Gasteiger partial charge in [0.1, 0.15) is 17.6 Å². The summed E-state index contributed by atoms with van der Waals surface area (Å²) in [7, 11) is 1.63. The topological polar surface area (TPSA) is 102 Å². The van der Waals surface area contributed by atoms with E-state index in [4.69, 9.17) is 20.8 Å². The van der Waals surface area contributed by atoms with Gasteiger partial charge >= 0.3 is 0 Å². The molecule has 1 unspecified atom stereocenters. The van der Waals surface area contributed by atoms with Crippen LogP contribution in [0.3, 0.4) is 0 Å². The van der Waals surface area contributed by atoms with Gasteiger partial charge in [0, 0.05) is 28.0 Å². The number of methoxy groups -OCH3 is 1. The Morgan fingerprint density at radius 1 is 1.13 bits per heavy atom. The molecule has 5 aromatic rings. The molecule has 0 radical (unpaired) electrons. The molecule has 6 rings (SSSR count). The van der Waals surface area contributed by atoms with Crippen LogP contribution in [0.5, 0.6) is 5.75 Å². The molecule has 1 saturated carbocycles. The number of furan rings is 1. The molecule has 0 aliphatic heterocycles. The van der Waals surface area contributed by atoms with Crippen molar-refractivity contribution in [3.8, 4) is 5.75 Å². The number of hydrogen-bond donors (Lipinski definition) is 1. The Bertz CT molecular complexity index is 1620. The third-order valence-electron chi connectivity index (χ3n) is 7.44. The lowest BCUT2D eigenvalue weighted by atomic mass is 10.0. The Balaban J connectivity index is 1.55. The summed E-state index contributed by atoms with van der Waals surface area (Å²) in [6, 6.07) is 18.6. The highest BCUT2D eigenvalue weighted by molar-refractivity contribution is 6.31. The predicted octanol–water partition coefficient (Wildman–Crippen LogP) is 5.68. The second-order valence-corrected chi connectivity index (χ2v) is 10.3. The van der Waals surface area contributed by atoms with Gasteiger partial charge in [-0.1, -0.05) is 42.6 Å². The van der Waals surface area contributed by atoms with E-state index >= 15 is 0 Å². The summed E-state index contributed by atoms with van der Waals surface area (Å²) in [6.45, 7) is 0.855. The molecule has 1 N–H and O–H groups in total. The summed E-state index contributed by atoms with van der Waals surface area (Å²) in [4.78, 5) is 19.0. The van der Waals surface area contributed by atoms with E-state index in [1.54, 1.807) is 13.4 Å². The van der Waals surface area contributed by atoms with Gasteiger partial charge in [0.05, 0.1) is 26.0 Å². The number of aromatic nitrogens is 5. The number of fused-ring (bicyclic) bond motifs is 1. The maximum absolute atomic E-state index is 13.7. The quantitative estimate of drug-likeness (QED) is 0.255. The molecule has 9 nitrogen and oxygen atoms in total. The molecule has 0 saturated heterocycles. The third-order valence-corrected chi connectivity index (χ3v) is 7.81. The Morgan fingerprint density at radius 2 is 1.97 bits per heavy atom. The van der Waals surface area contributed by atoms with E-state index < -0.39 is 6.04 Å². The fraction of sp³-hybridized carbons (Fsp3) is 0.310. The van der Waals surface area contributed by atoms with Gasteiger partial charge < -0.3 is 14.1 Å². The molecule has 10 heteroatoms. The maximum atomic E-state index is 13.7. The molecule has 3 aromatic heterocycles. The SMILES string of the molecule is COc1ccc2[nH]c(=O)c(C(c3nnnn3C3CCCC3)N(Cc3ccco3)Cc3ccccc3Cl)cc2c1. The van der Waals surface area contributed by atoms with Gasteiger partial charge in [0.15, 0.2) is 5.82 Å². The third kappa shape index (κ3) is 5.20. The van der Waals surface area contributed by atoms with E-state index in [0.29, 0.717) is 35.2 Å². The number of hydrogen-bond acceptors (Lipinski definition) is 7. The van der Waals surface area contributed by atoms with Gasteiger partial charge in [-0.3, -0.25) is 9.69 Å². The van der Waals surface area contributed by atoms with Gasteiger partial charge in [-0.25, -0.2) is 4.68 Å². The standard InChI is InChI=1S/C29H29ClN6O3/c1-38-22-12-13-26-20(15-22)16-24(29(37)31-26)27(28-32-33-34-36(28)21-8-3-4-9-21)35(18-23-10-6-14-39-23)17-19-7-2-5-11-25(19)30/h2,5-7,10-16,21,27H,3-4,8-9,17-18H2,1H3,(H,31,37). The summed E-state index contributed by atoms with van der Waals surface area (Å²) in [5, 5.41) is 14.5. The number of H-pyrrole nitrogens is 1. The van der Waals surface area contributed by atoms with E-state index in [1.165, 1.54) is 0 Å². The first-order valence-electron chi connectivity index (χ1n) is 13.1. The van der Waals surface area contributed by atoms with Gasteiger partial charge in [0.25, 0.3) is 5.56 Å². The number of nitrogens with one attached hydrogen (secondary N) is 1. The molecule has 0 amide bonds. The zero-order chi connectivity index (χ0) is 26.8. The largest absolute Gasteiger partial charge is 0.497 e. The van der Waals surface area contributed by atoms with Crippen LogP contribution in [0.25, 0.3) is 10.9 Å². The molecular formula is C29H29ClN6O3. The minimum absolute atomic E-state index is 0.183. The predicted molar refractivity (Wildman–Crippen MR) is 148 cm³/mol. The summed E-state index contributed by atoms with van der Waals surface area (Å²) >= 11 is 6.63. The zero-order valence-electron chi connectivity index (χ0n) is 21.6. The van der Waals surface area contributed by atoms with Crippen molar-refractivity contribution in [1.29, 1.82) is 0 Å². The van der Waals surface area contributed by atoms with Crippen molar-refractivity contribution in [1.82, 2.24) is 30.1 Å². The fourth-order valence-electron chi connectivity index (χ4n) is 5.51. The molecule has 39 heavy (non-hydrogen) atoms. The highest BCUT2D eigenvalue weighted by atomic mass is 35.5. The highest BCUT2D eigenvalue weighted by Crippen LogP contribution is 2.36. The summed E-state index contributed by atoms with van der Waals surface area (Å²) in [5.41, 5.74) is 1.97. The molecule has 3 heterocycles. The number of tetrazole rings is 1. The van der Waals surface area contributed by atoms with Crippen LogP contribution in [0.1, 0.15) is 60.5 Å². The minimum Gasteiger partial charge on any atom is -0.497 e. The van der Waals surface area contributed by atoms with E-state index in [-0.39, 0.29) is 11.6 Å². The molecule has 0 bridgehead atoms. The second kappa shape index (κ2) is 11.0. The first-order valence-corrected chi connectivity index (χ1v) is 13.5. The smallest absolute Gasteiger partial charge is 0.253 e. The van der Waals surface area contributed by atoms with Crippen molar-refractivity contribution in [3.05, 3.63) is 105 Å². The second-order valence-electron chi connectivity index (χ2n) is 9.91. The van der Waals surface area contributed by atoms with Crippen LogP contribution in [0.4, 0.5) is 0 Å². The van der Waals surface area contributed by atoms with Gasteiger partial charge in [-0.2, -0.15) is 0 Å². The zero-order valence-corrected chi connectivity index (χ0v) is 22.3. The van der Waals surface area contributed by atoms with Gasteiger partial charge in [0.2, 0.25) is 0 Å². The van der Waals surface area contributed by atoms with E-state index in [9.17, 15) is 4.79 Å². The number of ether oxygens (including phenoxy) is 1. The average Bonchev–Trinajstić information content (AvgIpc) is 3.73. The van der Waals surface area contributed by atoms with Crippen molar-refractivity contribution in [2.45, 2.75) is 50.9 Å². The van der Waals surface area contributed by atoms with Crippen molar-refractivity contribution in [2.24, 2.45) is 0 Å². The average molecular weight is 545 g/mol. The molecule has 200 valence electrons.